The van der Waals surface area contributed by atoms with E-state index >= 15 is 0 Å². The third-order valence-corrected chi connectivity index (χ3v) is 11.5. The second-order valence-electron chi connectivity index (χ2n) is 9.80. The minimum Gasteiger partial charge on any atom is -0.409 e. The molecule has 0 aliphatic carbocycles. The summed E-state index contributed by atoms with van der Waals surface area (Å²) in [7, 11) is -1.85. The predicted molar refractivity (Wildman–Crippen MR) is 115 cm³/mol. The first kappa shape index (κ1) is 20.4. The standard InChI is InChI=1S/C21H31ClN2O3Si/c1-12-7-15-16(24-20(12)22)9-14(23-15)8-13-10-25-19-17(11-26-18(13)19)27-28(5,6)21(2,3)4/h7,9,13,17-19,23H,8,10-11H2,1-6H3/t13?,17?,18-,19-/m1/s1. The largest absolute Gasteiger partial charge is 0.409 e. The lowest BCUT2D eigenvalue weighted by molar-refractivity contribution is 0.0230. The van der Waals surface area contributed by atoms with E-state index in [1.807, 2.05) is 6.92 Å². The van der Waals surface area contributed by atoms with Crippen molar-refractivity contribution < 1.29 is 13.9 Å². The summed E-state index contributed by atoms with van der Waals surface area (Å²) in [4.78, 5) is 7.95. The zero-order valence-corrected chi connectivity index (χ0v) is 19.4. The molecule has 0 saturated carbocycles. The van der Waals surface area contributed by atoms with Crippen molar-refractivity contribution in [1.82, 2.24) is 9.97 Å². The molecule has 154 valence electrons. The number of aryl methyl sites for hydroxylation is 1. The molecule has 0 amide bonds. The molecule has 0 spiro atoms. The first-order valence-corrected chi connectivity index (χ1v) is 13.4. The monoisotopic (exact) mass is 422 g/mol. The van der Waals surface area contributed by atoms with Crippen LogP contribution < -0.4 is 0 Å². The molecule has 0 radical (unpaired) electrons. The molecule has 28 heavy (non-hydrogen) atoms. The smallest absolute Gasteiger partial charge is 0.192 e. The van der Waals surface area contributed by atoms with Crippen LogP contribution in [0.25, 0.3) is 11.0 Å². The number of H-pyrrole nitrogens is 1. The molecular formula is C21H31ClN2O3Si. The number of fused-ring (bicyclic) bond motifs is 2. The third kappa shape index (κ3) is 3.65. The van der Waals surface area contributed by atoms with Gasteiger partial charge in [0, 0.05) is 11.6 Å². The van der Waals surface area contributed by atoms with Gasteiger partial charge in [0.2, 0.25) is 0 Å². The van der Waals surface area contributed by atoms with E-state index in [1.165, 1.54) is 0 Å². The van der Waals surface area contributed by atoms with Crippen molar-refractivity contribution in [2.24, 2.45) is 5.92 Å². The van der Waals surface area contributed by atoms with Gasteiger partial charge in [-0.3, -0.25) is 0 Å². The Morgan fingerprint density at radius 1 is 1.21 bits per heavy atom. The Morgan fingerprint density at radius 3 is 2.64 bits per heavy atom. The van der Waals surface area contributed by atoms with Gasteiger partial charge in [-0.2, -0.15) is 0 Å². The molecule has 2 aromatic heterocycles. The van der Waals surface area contributed by atoms with Crippen molar-refractivity contribution in [3.8, 4) is 0 Å². The van der Waals surface area contributed by atoms with Crippen LogP contribution in [0.15, 0.2) is 12.1 Å². The summed E-state index contributed by atoms with van der Waals surface area (Å²) in [6.45, 7) is 14.7. The van der Waals surface area contributed by atoms with Crippen molar-refractivity contribution in [3.05, 3.63) is 28.5 Å². The highest BCUT2D eigenvalue weighted by Gasteiger charge is 2.51. The summed E-state index contributed by atoms with van der Waals surface area (Å²) in [6, 6.07) is 4.14. The van der Waals surface area contributed by atoms with Gasteiger partial charge in [0.1, 0.15) is 11.3 Å². The van der Waals surface area contributed by atoms with E-state index in [0.29, 0.717) is 24.3 Å². The highest BCUT2D eigenvalue weighted by molar-refractivity contribution is 6.74. The average molecular weight is 423 g/mol. The fraction of sp³-hybridized carbons (Fsp3) is 0.667. The van der Waals surface area contributed by atoms with Gasteiger partial charge in [0.05, 0.1) is 36.5 Å². The molecular weight excluding hydrogens is 392 g/mol. The van der Waals surface area contributed by atoms with Crippen molar-refractivity contribution in [3.63, 3.8) is 0 Å². The second-order valence-corrected chi connectivity index (χ2v) is 14.9. The van der Waals surface area contributed by atoms with Crippen LogP contribution in [0.2, 0.25) is 23.3 Å². The van der Waals surface area contributed by atoms with Crippen molar-refractivity contribution >= 4 is 31.0 Å². The van der Waals surface area contributed by atoms with Crippen LogP contribution in [0, 0.1) is 12.8 Å². The predicted octanol–water partition coefficient (Wildman–Crippen LogP) is 4.87. The third-order valence-electron chi connectivity index (χ3n) is 6.63. The van der Waals surface area contributed by atoms with Crippen LogP contribution in [0.1, 0.15) is 32.0 Å². The number of hydrogen-bond acceptors (Lipinski definition) is 4. The van der Waals surface area contributed by atoms with Gasteiger partial charge in [-0.1, -0.05) is 32.4 Å². The maximum Gasteiger partial charge on any atom is 0.192 e. The average Bonchev–Trinajstić information content (AvgIpc) is 3.25. The Bertz CT molecular complexity index is 837. The van der Waals surface area contributed by atoms with Crippen molar-refractivity contribution in [2.75, 3.05) is 13.2 Å². The number of rotatable bonds is 4. The zero-order chi connectivity index (χ0) is 20.3. The summed E-state index contributed by atoms with van der Waals surface area (Å²) in [6.07, 6.45) is 1.06. The van der Waals surface area contributed by atoms with E-state index in [9.17, 15) is 0 Å². The van der Waals surface area contributed by atoms with Crippen LogP contribution in [-0.4, -0.2) is 49.8 Å². The number of nitrogens with one attached hydrogen (secondary N) is 1. The van der Waals surface area contributed by atoms with Crippen LogP contribution in [0.4, 0.5) is 0 Å². The molecule has 7 heteroatoms. The van der Waals surface area contributed by atoms with Gasteiger partial charge in [-0.25, -0.2) is 4.98 Å². The van der Waals surface area contributed by atoms with E-state index in [-0.39, 0.29) is 23.4 Å². The molecule has 2 aromatic rings. The molecule has 5 nitrogen and oxygen atoms in total. The molecule has 2 saturated heterocycles. The van der Waals surface area contributed by atoms with Gasteiger partial charge >= 0.3 is 0 Å². The van der Waals surface area contributed by atoms with Gasteiger partial charge in [0.15, 0.2) is 8.32 Å². The summed E-state index contributed by atoms with van der Waals surface area (Å²) < 4.78 is 18.9. The van der Waals surface area contributed by atoms with E-state index in [2.05, 4.69) is 56.0 Å². The minimum absolute atomic E-state index is 0.0401. The Morgan fingerprint density at radius 2 is 1.93 bits per heavy atom. The first-order valence-electron chi connectivity index (χ1n) is 10.1. The number of aromatic amines is 1. The Kier molecular flexibility index (Phi) is 5.16. The maximum atomic E-state index is 6.61. The van der Waals surface area contributed by atoms with E-state index in [1.54, 1.807) is 0 Å². The lowest BCUT2D eigenvalue weighted by Crippen LogP contribution is -2.47. The highest BCUT2D eigenvalue weighted by atomic mass is 35.5. The van der Waals surface area contributed by atoms with Gasteiger partial charge in [0.25, 0.3) is 0 Å². The van der Waals surface area contributed by atoms with E-state index < -0.39 is 8.32 Å². The number of pyridine rings is 1. The summed E-state index contributed by atoms with van der Waals surface area (Å²) in [5.41, 5.74) is 4.07. The lowest BCUT2D eigenvalue weighted by atomic mass is 9.96. The Labute approximate surface area is 173 Å². The maximum absolute atomic E-state index is 6.61. The van der Waals surface area contributed by atoms with Gasteiger partial charge in [-0.05, 0) is 49.2 Å². The fourth-order valence-corrected chi connectivity index (χ4v) is 5.41. The normalized spacial score (nSPS) is 28.2. The molecule has 2 unspecified atom stereocenters. The SMILES string of the molecule is Cc1cc2[nH]c(CC3CO[C@@H]4C(O[Si](C)(C)C(C)(C)C)CO[C@H]34)cc2nc1Cl. The molecule has 1 N–H and O–H groups in total. The van der Waals surface area contributed by atoms with Crippen molar-refractivity contribution in [2.45, 2.75) is 70.6 Å². The molecule has 0 aromatic carbocycles. The Hall–Kier alpha value is -0.923. The summed E-state index contributed by atoms with van der Waals surface area (Å²) in [5, 5.41) is 0.743. The zero-order valence-electron chi connectivity index (χ0n) is 17.6. The molecule has 2 fully saturated rings. The Balaban J connectivity index is 1.45. The molecule has 0 bridgehead atoms. The van der Waals surface area contributed by atoms with E-state index in [0.717, 1.165) is 28.7 Å². The van der Waals surface area contributed by atoms with Crippen LogP contribution in [0.5, 0.6) is 0 Å². The fourth-order valence-electron chi connectivity index (χ4n) is 3.96. The number of aromatic nitrogens is 2. The van der Waals surface area contributed by atoms with Gasteiger partial charge < -0.3 is 18.9 Å². The topological polar surface area (TPSA) is 56.4 Å². The number of hydrogen-bond donors (Lipinski definition) is 1. The summed E-state index contributed by atoms with van der Waals surface area (Å²) >= 11 is 6.17. The number of halogens is 1. The van der Waals surface area contributed by atoms with Crippen LogP contribution in [-0.2, 0) is 20.3 Å². The van der Waals surface area contributed by atoms with Crippen LogP contribution in [0.3, 0.4) is 0 Å². The minimum atomic E-state index is -1.85. The molecule has 2 aliphatic heterocycles. The molecule has 2 aliphatic rings. The summed E-state index contributed by atoms with van der Waals surface area (Å²) in [5.74, 6) is 0.322. The quantitative estimate of drug-likeness (QED) is 0.564. The number of nitrogens with zero attached hydrogens (tertiary/aromatic N) is 1. The molecule has 4 rings (SSSR count). The highest BCUT2D eigenvalue weighted by Crippen LogP contribution is 2.41. The second kappa shape index (κ2) is 7.09. The number of ether oxygens (including phenoxy) is 2. The lowest BCUT2D eigenvalue weighted by Gasteiger charge is -2.39. The molecule has 4 atom stereocenters. The first-order chi connectivity index (χ1) is 13.0. The van der Waals surface area contributed by atoms with Gasteiger partial charge in [-0.15, -0.1) is 0 Å². The van der Waals surface area contributed by atoms with Crippen LogP contribution >= 0.6 is 11.6 Å². The molecule has 4 heterocycles. The van der Waals surface area contributed by atoms with Crippen molar-refractivity contribution in [1.29, 1.82) is 0 Å². The van der Waals surface area contributed by atoms with E-state index in [4.69, 9.17) is 25.5 Å².